The lowest BCUT2D eigenvalue weighted by Crippen LogP contribution is -2.26. The number of hydrogen-bond acceptors (Lipinski definition) is 3. The standard InChI is InChI=1S/C16H20FN3/c1-13-5-3-9-19-16(13)12-20(10-4-8-18)15-7-2-6-14(17)11-15/h2-3,5-7,9,11H,4,8,10,12,18H2,1H3. The van der Waals surface area contributed by atoms with E-state index in [-0.39, 0.29) is 5.82 Å². The smallest absolute Gasteiger partial charge is 0.125 e. The van der Waals surface area contributed by atoms with Gasteiger partial charge in [-0.3, -0.25) is 4.98 Å². The van der Waals surface area contributed by atoms with Crippen molar-refractivity contribution in [2.24, 2.45) is 5.73 Å². The second-order valence-corrected chi connectivity index (χ2v) is 4.81. The van der Waals surface area contributed by atoms with Crippen LogP contribution in [0.2, 0.25) is 0 Å². The third-order valence-corrected chi connectivity index (χ3v) is 3.26. The van der Waals surface area contributed by atoms with Crippen LogP contribution in [-0.4, -0.2) is 18.1 Å². The maximum atomic E-state index is 13.4. The van der Waals surface area contributed by atoms with E-state index >= 15 is 0 Å². The normalized spacial score (nSPS) is 10.6. The topological polar surface area (TPSA) is 42.2 Å². The Hall–Kier alpha value is -1.94. The van der Waals surface area contributed by atoms with Gasteiger partial charge < -0.3 is 10.6 Å². The number of aromatic nitrogens is 1. The predicted molar refractivity (Wildman–Crippen MR) is 80.1 cm³/mol. The molecule has 4 heteroatoms. The van der Waals surface area contributed by atoms with Gasteiger partial charge in [0.25, 0.3) is 0 Å². The van der Waals surface area contributed by atoms with Crippen molar-refractivity contribution < 1.29 is 4.39 Å². The number of nitrogens with zero attached hydrogens (tertiary/aromatic N) is 2. The van der Waals surface area contributed by atoms with Crippen LogP contribution in [0.25, 0.3) is 0 Å². The van der Waals surface area contributed by atoms with Gasteiger partial charge in [-0.05, 0) is 49.7 Å². The lowest BCUT2D eigenvalue weighted by atomic mass is 10.2. The molecule has 0 unspecified atom stereocenters. The lowest BCUT2D eigenvalue weighted by Gasteiger charge is -2.25. The number of pyridine rings is 1. The molecule has 2 N–H and O–H groups in total. The Kier molecular flexibility index (Phi) is 5.07. The molecule has 0 aliphatic carbocycles. The molecule has 3 nitrogen and oxygen atoms in total. The lowest BCUT2D eigenvalue weighted by molar-refractivity contribution is 0.625. The number of anilines is 1. The van der Waals surface area contributed by atoms with E-state index in [0.717, 1.165) is 29.9 Å². The predicted octanol–water partition coefficient (Wildman–Crippen LogP) is 2.88. The summed E-state index contributed by atoms with van der Waals surface area (Å²) < 4.78 is 13.4. The summed E-state index contributed by atoms with van der Waals surface area (Å²) in [6, 6.07) is 10.6. The molecule has 0 spiro atoms. The summed E-state index contributed by atoms with van der Waals surface area (Å²) >= 11 is 0. The summed E-state index contributed by atoms with van der Waals surface area (Å²) in [6.45, 7) is 4.11. The van der Waals surface area contributed by atoms with E-state index in [1.165, 1.54) is 6.07 Å². The molecular formula is C16H20FN3. The molecule has 0 amide bonds. The highest BCUT2D eigenvalue weighted by Crippen LogP contribution is 2.19. The van der Waals surface area contributed by atoms with Crippen molar-refractivity contribution >= 4 is 5.69 Å². The zero-order valence-electron chi connectivity index (χ0n) is 11.7. The second-order valence-electron chi connectivity index (χ2n) is 4.81. The van der Waals surface area contributed by atoms with Gasteiger partial charge in [-0.2, -0.15) is 0 Å². The van der Waals surface area contributed by atoms with Gasteiger partial charge in [0.15, 0.2) is 0 Å². The SMILES string of the molecule is Cc1cccnc1CN(CCCN)c1cccc(F)c1. The molecule has 2 rings (SSSR count). The molecule has 0 saturated carbocycles. The van der Waals surface area contributed by atoms with Crippen LogP contribution < -0.4 is 10.6 Å². The average Bonchev–Trinajstić information content (AvgIpc) is 2.45. The summed E-state index contributed by atoms with van der Waals surface area (Å²) in [4.78, 5) is 6.52. The van der Waals surface area contributed by atoms with Crippen LogP contribution in [-0.2, 0) is 6.54 Å². The van der Waals surface area contributed by atoms with Crippen molar-refractivity contribution in [3.63, 3.8) is 0 Å². The molecule has 1 aromatic heterocycles. The maximum absolute atomic E-state index is 13.4. The van der Waals surface area contributed by atoms with E-state index in [0.29, 0.717) is 13.1 Å². The van der Waals surface area contributed by atoms with Crippen LogP contribution in [0.4, 0.5) is 10.1 Å². The Bertz CT molecular complexity index is 557. The third-order valence-electron chi connectivity index (χ3n) is 3.26. The summed E-state index contributed by atoms with van der Waals surface area (Å²) in [5, 5.41) is 0. The third kappa shape index (κ3) is 3.78. The summed E-state index contributed by atoms with van der Waals surface area (Å²) in [5.41, 5.74) is 8.60. The maximum Gasteiger partial charge on any atom is 0.125 e. The Morgan fingerprint density at radius 2 is 2.10 bits per heavy atom. The molecule has 0 fully saturated rings. The van der Waals surface area contributed by atoms with E-state index in [1.807, 2.05) is 25.1 Å². The van der Waals surface area contributed by atoms with Crippen molar-refractivity contribution in [2.45, 2.75) is 19.9 Å². The van der Waals surface area contributed by atoms with Crippen LogP contribution >= 0.6 is 0 Å². The van der Waals surface area contributed by atoms with Crippen molar-refractivity contribution in [1.29, 1.82) is 0 Å². The highest BCUT2D eigenvalue weighted by molar-refractivity contribution is 5.47. The largest absolute Gasteiger partial charge is 0.365 e. The van der Waals surface area contributed by atoms with Gasteiger partial charge in [0.2, 0.25) is 0 Å². The van der Waals surface area contributed by atoms with Crippen LogP contribution in [0.1, 0.15) is 17.7 Å². The van der Waals surface area contributed by atoms with Gasteiger partial charge in [0.1, 0.15) is 5.82 Å². The quantitative estimate of drug-likeness (QED) is 0.880. The molecule has 0 bridgehead atoms. The number of benzene rings is 1. The first-order chi connectivity index (χ1) is 9.70. The number of aryl methyl sites for hydroxylation is 1. The van der Waals surface area contributed by atoms with Crippen LogP contribution in [0.5, 0.6) is 0 Å². The second kappa shape index (κ2) is 7.01. The number of halogens is 1. The van der Waals surface area contributed by atoms with E-state index in [4.69, 9.17) is 5.73 Å². The van der Waals surface area contributed by atoms with E-state index in [1.54, 1.807) is 18.3 Å². The van der Waals surface area contributed by atoms with Gasteiger partial charge in [0.05, 0.1) is 12.2 Å². The fraction of sp³-hybridized carbons (Fsp3) is 0.312. The van der Waals surface area contributed by atoms with Crippen molar-refractivity contribution in [2.75, 3.05) is 18.0 Å². The van der Waals surface area contributed by atoms with Crippen LogP contribution in [0.15, 0.2) is 42.6 Å². The van der Waals surface area contributed by atoms with Gasteiger partial charge >= 0.3 is 0 Å². The Morgan fingerprint density at radius 1 is 1.25 bits per heavy atom. The van der Waals surface area contributed by atoms with Crippen molar-refractivity contribution in [1.82, 2.24) is 4.98 Å². The molecule has 0 aliphatic heterocycles. The van der Waals surface area contributed by atoms with Gasteiger partial charge in [-0.15, -0.1) is 0 Å². The summed E-state index contributed by atoms with van der Waals surface area (Å²) in [7, 11) is 0. The highest BCUT2D eigenvalue weighted by atomic mass is 19.1. The van der Waals surface area contributed by atoms with Crippen molar-refractivity contribution in [3.05, 3.63) is 59.7 Å². The fourth-order valence-corrected chi connectivity index (χ4v) is 2.12. The molecule has 106 valence electrons. The average molecular weight is 273 g/mol. The van der Waals surface area contributed by atoms with E-state index in [2.05, 4.69) is 9.88 Å². The zero-order chi connectivity index (χ0) is 14.4. The molecule has 0 aliphatic rings. The monoisotopic (exact) mass is 273 g/mol. The minimum Gasteiger partial charge on any atom is -0.365 e. The molecule has 0 saturated heterocycles. The molecule has 2 aromatic rings. The Morgan fingerprint density at radius 3 is 2.80 bits per heavy atom. The molecular weight excluding hydrogens is 253 g/mol. The van der Waals surface area contributed by atoms with Crippen LogP contribution in [0, 0.1) is 12.7 Å². The zero-order valence-corrected chi connectivity index (χ0v) is 11.7. The number of nitrogens with two attached hydrogens (primary N) is 1. The van der Waals surface area contributed by atoms with E-state index < -0.39 is 0 Å². The first-order valence-corrected chi connectivity index (χ1v) is 6.82. The highest BCUT2D eigenvalue weighted by Gasteiger charge is 2.10. The van der Waals surface area contributed by atoms with Gasteiger partial charge in [-0.25, -0.2) is 4.39 Å². The molecule has 1 aromatic carbocycles. The van der Waals surface area contributed by atoms with Gasteiger partial charge in [-0.1, -0.05) is 12.1 Å². The first-order valence-electron chi connectivity index (χ1n) is 6.82. The minimum atomic E-state index is -0.224. The Balaban J connectivity index is 2.21. The fourth-order valence-electron chi connectivity index (χ4n) is 2.12. The van der Waals surface area contributed by atoms with Gasteiger partial charge in [0, 0.05) is 18.4 Å². The molecule has 0 atom stereocenters. The molecule has 20 heavy (non-hydrogen) atoms. The number of hydrogen-bond donors (Lipinski definition) is 1. The van der Waals surface area contributed by atoms with Crippen molar-refractivity contribution in [3.8, 4) is 0 Å². The molecule has 1 heterocycles. The summed E-state index contributed by atoms with van der Waals surface area (Å²) in [6.07, 6.45) is 2.65. The van der Waals surface area contributed by atoms with E-state index in [9.17, 15) is 4.39 Å². The molecule has 0 radical (unpaired) electrons. The first kappa shape index (κ1) is 14.5. The Labute approximate surface area is 119 Å². The summed E-state index contributed by atoms with van der Waals surface area (Å²) in [5.74, 6) is -0.224. The minimum absolute atomic E-state index is 0.224. The van der Waals surface area contributed by atoms with Crippen LogP contribution in [0.3, 0.4) is 0 Å². The number of rotatable bonds is 6.